The van der Waals surface area contributed by atoms with E-state index in [0.717, 1.165) is 35.4 Å². The average Bonchev–Trinajstić information content (AvgIpc) is 2.31. The predicted molar refractivity (Wildman–Crippen MR) is 78.8 cm³/mol. The highest BCUT2D eigenvalue weighted by atomic mass is 79.9. The topological polar surface area (TPSA) is 35.2 Å². The van der Waals surface area contributed by atoms with E-state index in [1.807, 2.05) is 24.3 Å². The Labute approximate surface area is 118 Å². The molecule has 1 saturated carbocycles. The number of hydrogen-bond donors (Lipinski definition) is 1. The molecule has 1 aliphatic rings. The van der Waals surface area contributed by atoms with Crippen LogP contribution in [0.25, 0.3) is 0 Å². The quantitative estimate of drug-likeness (QED) is 0.907. The molecule has 0 bridgehead atoms. The minimum Gasteiger partial charge on any atom is -0.494 e. The largest absolute Gasteiger partial charge is 0.494 e. The summed E-state index contributed by atoms with van der Waals surface area (Å²) in [5.41, 5.74) is 6.44. The number of halogens is 1. The predicted octanol–water partition coefficient (Wildman–Crippen LogP) is 4.13. The highest BCUT2D eigenvalue weighted by Gasteiger charge is 2.30. The minimum atomic E-state index is -0.00691. The zero-order valence-electron chi connectivity index (χ0n) is 11.0. The first-order chi connectivity index (χ1) is 8.57. The SMILES string of the molecule is CC1CCCC(N)(CCOc2ccc(Br)cc2)C1. The summed E-state index contributed by atoms with van der Waals surface area (Å²) in [6.07, 6.45) is 5.81. The van der Waals surface area contributed by atoms with Crippen LogP contribution < -0.4 is 10.5 Å². The number of benzene rings is 1. The van der Waals surface area contributed by atoms with E-state index in [-0.39, 0.29) is 5.54 Å². The highest BCUT2D eigenvalue weighted by molar-refractivity contribution is 9.10. The average molecular weight is 312 g/mol. The standard InChI is InChI=1S/C15H22BrNO/c1-12-3-2-8-15(17,11-12)9-10-18-14-6-4-13(16)5-7-14/h4-7,12H,2-3,8-11,17H2,1H3. The molecule has 1 aromatic rings. The summed E-state index contributed by atoms with van der Waals surface area (Å²) >= 11 is 3.42. The second-order valence-corrected chi connectivity index (χ2v) is 6.53. The second-order valence-electron chi connectivity index (χ2n) is 5.62. The molecule has 0 amide bonds. The van der Waals surface area contributed by atoms with E-state index in [2.05, 4.69) is 22.9 Å². The molecule has 2 unspecified atom stereocenters. The zero-order valence-corrected chi connectivity index (χ0v) is 12.6. The Morgan fingerprint density at radius 3 is 2.78 bits per heavy atom. The van der Waals surface area contributed by atoms with Crippen LogP contribution in [0.5, 0.6) is 5.75 Å². The van der Waals surface area contributed by atoms with E-state index in [1.165, 1.54) is 12.8 Å². The molecule has 1 aliphatic carbocycles. The first-order valence-corrected chi connectivity index (χ1v) is 7.54. The first kappa shape index (κ1) is 13.9. The van der Waals surface area contributed by atoms with Crippen molar-refractivity contribution in [2.24, 2.45) is 11.7 Å². The lowest BCUT2D eigenvalue weighted by atomic mass is 9.75. The van der Waals surface area contributed by atoms with Gasteiger partial charge < -0.3 is 10.5 Å². The molecule has 3 heteroatoms. The maximum atomic E-state index is 6.45. The van der Waals surface area contributed by atoms with Crippen molar-refractivity contribution in [2.45, 2.75) is 44.6 Å². The first-order valence-electron chi connectivity index (χ1n) is 6.75. The van der Waals surface area contributed by atoms with Gasteiger partial charge in [0, 0.05) is 10.0 Å². The van der Waals surface area contributed by atoms with Crippen LogP contribution in [-0.4, -0.2) is 12.1 Å². The smallest absolute Gasteiger partial charge is 0.119 e. The molecular formula is C15H22BrNO. The van der Waals surface area contributed by atoms with E-state index >= 15 is 0 Å². The van der Waals surface area contributed by atoms with Gasteiger partial charge in [-0.1, -0.05) is 35.7 Å². The second kappa shape index (κ2) is 6.07. The molecule has 0 saturated heterocycles. The third kappa shape index (κ3) is 3.99. The van der Waals surface area contributed by atoms with Crippen molar-refractivity contribution in [2.75, 3.05) is 6.61 Å². The maximum absolute atomic E-state index is 6.45. The van der Waals surface area contributed by atoms with Gasteiger partial charge in [-0.25, -0.2) is 0 Å². The molecular weight excluding hydrogens is 290 g/mol. The summed E-state index contributed by atoms with van der Waals surface area (Å²) in [5.74, 6) is 1.68. The molecule has 0 spiro atoms. The Balaban J connectivity index is 1.79. The van der Waals surface area contributed by atoms with Gasteiger partial charge in [-0.15, -0.1) is 0 Å². The van der Waals surface area contributed by atoms with Crippen LogP contribution in [0.3, 0.4) is 0 Å². The van der Waals surface area contributed by atoms with Crippen molar-refractivity contribution in [1.82, 2.24) is 0 Å². The van der Waals surface area contributed by atoms with Crippen LogP contribution in [-0.2, 0) is 0 Å². The lowest BCUT2D eigenvalue weighted by Crippen LogP contribution is -2.45. The lowest BCUT2D eigenvalue weighted by Gasteiger charge is -2.36. The van der Waals surface area contributed by atoms with Crippen LogP contribution in [0.15, 0.2) is 28.7 Å². The van der Waals surface area contributed by atoms with E-state index in [9.17, 15) is 0 Å². The molecule has 100 valence electrons. The Hall–Kier alpha value is -0.540. The minimum absolute atomic E-state index is 0.00691. The van der Waals surface area contributed by atoms with E-state index in [1.54, 1.807) is 0 Å². The van der Waals surface area contributed by atoms with Gasteiger partial charge >= 0.3 is 0 Å². The summed E-state index contributed by atoms with van der Waals surface area (Å²) in [4.78, 5) is 0. The summed E-state index contributed by atoms with van der Waals surface area (Å²) in [6.45, 7) is 3.02. The number of hydrogen-bond acceptors (Lipinski definition) is 2. The summed E-state index contributed by atoms with van der Waals surface area (Å²) in [6, 6.07) is 7.96. The van der Waals surface area contributed by atoms with Gasteiger partial charge in [0.2, 0.25) is 0 Å². The Morgan fingerprint density at radius 1 is 1.39 bits per heavy atom. The molecule has 1 aromatic carbocycles. The van der Waals surface area contributed by atoms with Crippen LogP contribution in [0.1, 0.15) is 39.0 Å². The number of ether oxygens (including phenoxy) is 1. The van der Waals surface area contributed by atoms with Crippen LogP contribution in [0, 0.1) is 5.92 Å². The summed E-state index contributed by atoms with van der Waals surface area (Å²) in [7, 11) is 0. The molecule has 0 heterocycles. The van der Waals surface area contributed by atoms with E-state index in [4.69, 9.17) is 10.5 Å². The zero-order chi connectivity index (χ0) is 13.0. The maximum Gasteiger partial charge on any atom is 0.119 e. The molecule has 0 aliphatic heterocycles. The van der Waals surface area contributed by atoms with Gasteiger partial charge in [0.05, 0.1) is 6.61 Å². The fourth-order valence-electron chi connectivity index (χ4n) is 2.83. The number of nitrogens with two attached hydrogens (primary N) is 1. The third-order valence-electron chi connectivity index (χ3n) is 3.81. The Kier molecular flexibility index (Phi) is 4.68. The monoisotopic (exact) mass is 311 g/mol. The van der Waals surface area contributed by atoms with E-state index in [0.29, 0.717) is 6.61 Å². The Morgan fingerprint density at radius 2 is 2.11 bits per heavy atom. The van der Waals surface area contributed by atoms with Crippen LogP contribution >= 0.6 is 15.9 Å². The lowest BCUT2D eigenvalue weighted by molar-refractivity contribution is 0.184. The van der Waals surface area contributed by atoms with Gasteiger partial charge in [0.1, 0.15) is 5.75 Å². The summed E-state index contributed by atoms with van der Waals surface area (Å²) < 4.78 is 6.84. The molecule has 18 heavy (non-hydrogen) atoms. The molecule has 1 fully saturated rings. The van der Waals surface area contributed by atoms with Gasteiger partial charge in [-0.3, -0.25) is 0 Å². The number of rotatable bonds is 4. The van der Waals surface area contributed by atoms with Crippen LogP contribution in [0.2, 0.25) is 0 Å². The van der Waals surface area contributed by atoms with Crippen molar-refractivity contribution in [1.29, 1.82) is 0 Å². The molecule has 0 radical (unpaired) electrons. The molecule has 0 aromatic heterocycles. The van der Waals surface area contributed by atoms with Gasteiger partial charge in [0.25, 0.3) is 0 Å². The highest BCUT2D eigenvalue weighted by Crippen LogP contribution is 2.32. The Bertz CT molecular complexity index is 379. The summed E-state index contributed by atoms with van der Waals surface area (Å²) in [5, 5.41) is 0. The van der Waals surface area contributed by atoms with Crippen molar-refractivity contribution in [3.05, 3.63) is 28.7 Å². The molecule has 2 atom stereocenters. The van der Waals surface area contributed by atoms with Crippen molar-refractivity contribution in [3.63, 3.8) is 0 Å². The van der Waals surface area contributed by atoms with Gasteiger partial charge in [-0.2, -0.15) is 0 Å². The molecule has 2 nitrogen and oxygen atoms in total. The van der Waals surface area contributed by atoms with Gasteiger partial charge in [0.15, 0.2) is 0 Å². The fourth-order valence-corrected chi connectivity index (χ4v) is 3.10. The normalized spacial score (nSPS) is 28.1. The van der Waals surface area contributed by atoms with Crippen molar-refractivity contribution >= 4 is 15.9 Å². The van der Waals surface area contributed by atoms with Crippen molar-refractivity contribution in [3.8, 4) is 5.75 Å². The van der Waals surface area contributed by atoms with Crippen LogP contribution in [0.4, 0.5) is 0 Å². The van der Waals surface area contributed by atoms with Gasteiger partial charge in [-0.05, 0) is 49.4 Å². The van der Waals surface area contributed by atoms with Crippen molar-refractivity contribution < 1.29 is 4.74 Å². The fraction of sp³-hybridized carbons (Fsp3) is 0.600. The molecule has 2 rings (SSSR count). The third-order valence-corrected chi connectivity index (χ3v) is 4.34. The molecule has 2 N–H and O–H groups in total. The van der Waals surface area contributed by atoms with E-state index < -0.39 is 0 Å².